The summed E-state index contributed by atoms with van der Waals surface area (Å²) in [6.45, 7) is 4.57. The van der Waals surface area contributed by atoms with E-state index in [-0.39, 0.29) is 5.56 Å². The first-order valence-electron chi connectivity index (χ1n) is 7.67. The molecule has 1 N–H and O–H groups in total. The second kappa shape index (κ2) is 5.72. The van der Waals surface area contributed by atoms with E-state index >= 15 is 0 Å². The van der Waals surface area contributed by atoms with Gasteiger partial charge in [-0.3, -0.25) is 9.48 Å². The standard InChI is InChI=1S/C18H16N4OS/c1-11-4-5-12(2)13(8-11)14-10-24-18-16(14)17(23)20-15(21-18)9-22-7-3-6-19-22/h3-8,10H,9H2,1-2H3,(H,20,21,23). The molecule has 0 unspecified atom stereocenters. The Morgan fingerprint density at radius 1 is 1.25 bits per heavy atom. The lowest BCUT2D eigenvalue weighted by Crippen LogP contribution is -2.14. The highest BCUT2D eigenvalue weighted by Gasteiger charge is 2.14. The minimum absolute atomic E-state index is 0.0979. The van der Waals surface area contributed by atoms with Crippen molar-refractivity contribution in [1.82, 2.24) is 19.7 Å². The maximum atomic E-state index is 12.7. The predicted molar refractivity (Wildman–Crippen MR) is 96.5 cm³/mol. The van der Waals surface area contributed by atoms with E-state index in [1.165, 1.54) is 16.9 Å². The van der Waals surface area contributed by atoms with Crippen LogP contribution in [0.15, 0.2) is 46.8 Å². The van der Waals surface area contributed by atoms with Gasteiger partial charge >= 0.3 is 0 Å². The molecule has 4 aromatic rings. The van der Waals surface area contributed by atoms with Crippen LogP contribution in [0.2, 0.25) is 0 Å². The predicted octanol–water partition coefficient (Wildman–Crippen LogP) is 3.51. The van der Waals surface area contributed by atoms with Crippen molar-refractivity contribution in [2.75, 3.05) is 0 Å². The van der Waals surface area contributed by atoms with Gasteiger partial charge in [0.15, 0.2) is 0 Å². The summed E-state index contributed by atoms with van der Waals surface area (Å²) in [7, 11) is 0. The molecule has 5 nitrogen and oxygen atoms in total. The van der Waals surface area contributed by atoms with Crippen molar-refractivity contribution in [3.63, 3.8) is 0 Å². The third-order valence-corrected chi connectivity index (χ3v) is 4.92. The highest BCUT2D eigenvalue weighted by atomic mass is 32.1. The Kier molecular flexibility index (Phi) is 3.54. The first kappa shape index (κ1) is 14.8. The molecule has 0 aliphatic rings. The van der Waals surface area contributed by atoms with E-state index in [9.17, 15) is 4.79 Å². The highest BCUT2D eigenvalue weighted by molar-refractivity contribution is 7.17. The molecule has 3 aromatic heterocycles. The van der Waals surface area contributed by atoms with Gasteiger partial charge in [0.1, 0.15) is 10.7 Å². The third-order valence-electron chi connectivity index (χ3n) is 4.05. The fraction of sp³-hybridized carbons (Fsp3) is 0.167. The quantitative estimate of drug-likeness (QED) is 0.623. The number of fused-ring (bicyclic) bond motifs is 1. The van der Waals surface area contributed by atoms with Gasteiger partial charge in [0, 0.05) is 23.3 Å². The van der Waals surface area contributed by atoms with Gasteiger partial charge in [-0.05, 0) is 31.0 Å². The van der Waals surface area contributed by atoms with Gasteiger partial charge in [0.25, 0.3) is 5.56 Å². The minimum Gasteiger partial charge on any atom is -0.308 e. The maximum Gasteiger partial charge on any atom is 0.260 e. The number of rotatable bonds is 3. The van der Waals surface area contributed by atoms with Crippen LogP contribution in [0.25, 0.3) is 21.3 Å². The summed E-state index contributed by atoms with van der Waals surface area (Å²) >= 11 is 1.50. The van der Waals surface area contributed by atoms with Crippen molar-refractivity contribution in [2.24, 2.45) is 0 Å². The lowest BCUT2D eigenvalue weighted by atomic mass is 9.99. The minimum atomic E-state index is -0.0979. The fourth-order valence-electron chi connectivity index (χ4n) is 2.84. The van der Waals surface area contributed by atoms with Crippen molar-refractivity contribution >= 4 is 21.6 Å². The molecule has 4 rings (SSSR count). The Labute approximate surface area is 142 Å². The van der Waals surface area contributed by atoms with Crippen LogP contribution in [0.1, 0.15) is 17.0 Å². The van der Waals surface area contributed by atoms with E-state index in [2.05, 4.69) is 47.1 Å². The molecule has 120 valence electrons. The average Bonchev–Trinajstić information content (AvgIpc) is 3.19. The Morgan fingerprint density at radius 3 is 2.92 bits per heavy atom. The van der Waals surface area contributed by atoms with Gasteiger partial charge in [-0.25, -0.2) is 4.98 Å². The molecule has 3 heterocycles. The lowest BCUT2D eigenvalue weighted by molar-refractivity contribution is 0.656. The topological polar surface area (TPSA) is 63.6 Å². The Morgan fingerprint density at radius 2 is 2.12 bits per heavy atom. The molecular formula is C18H16N4OS. The average molecular weight is 336 g/mol. The van der Waals surface area contributed by atoms with E-state index in [0.29, 0.717) is 17.8 Å². The van der Waals surface area contributed by atoms with Crippen molar-refractivity contribution in [2.45, 2.75) is 20.4 Å². The first-order chi connectivity index (χ1) is 11.6. The van der Waals surface area contributed by atoms with Crippen LogP contribution >= 0.6 is 11.3 Å². The Bertz CT molecular complexity index is 1080. The fourth-order valence-corrected chi connectivity index (χ4v) is 3.80. The summed E-state index contributed by atoms with van der Waals surface area (Å²) in [5, 5.41) is 6.84. The van der Waals surface area contributed by atoms with Crippen LogP contribution in [0.4, 0.5) is 0 Å². The molecule has 0 aliphatic heterocycles. The number of nitrogens with one attached hydrogen (secondary N) is 1. The Balaban J connectivity index is 1.85. The molecule has 0 amide bonds. The molecule has 0 aliphatic carbocycles. The molecule has 0 bridgehead atoms. The largest absolute Gasteiger partial charge is 0.308 e. The smallest absolute Gasteiger partial charge is 0.260 e. The van der Waals surface area contributed by atoms with Crippen molar-refractivity contribution < 1.29 is 0 Å². The van der Waals surface area contributed by atoms with E-state index in [0.717, 1.165) is 21.5 Å². The second-order valence-corrected chi connectivity index (χ2v) is 6.72. The Hall–Kier alpha value is -2.73. The molecule has 0 saturated heterocycles. The summed E-state index contributed by atoms with van der Waals surface area (Å²) in [5.41, 5.74) is 4.28. The van der Waals surface area contributed by atoms with E-state index in [4.69, 9.17) is 0 Å². The zero-order chi connectivity index (χ0) is 16.7. The second-order valence-electron chi connectivity index (χ2n) is 5.86. The van der Waals surface area contributed by atoms with Gasteiger partial charge in [0.2, 0.25) is 0 Å². The highest BCUT2D eigenvalue weighted by Crippen LogP contribution is 2.33. The molecule has 0 atom stereocenters. The number of aromatic amines is 1. The first-order valence-corrected chi connectivity index (χ1v) is 8.55. The molecule has 0 saturated carbocycles. The molecule has 0 fully saturated rings. The van der Waals surface area contributed by atoms with Gasteiger partial charge in [-0.1, -0.05) is 23.8 Å². The van der Waals surface area contributed by atoms with E-state index in [1.807, 2.05) is 17.6 Å². The van der Waals surface area contributed by atoms with Crippen LogP contribution in [-0.2, 0) is 6.54 Å². The van der Waals surface area contributed by atoms with Crippen molar-refractivity contribution in [3.05, 3.63) is 69.3 Å². The van der Waals surface area contributed by atoms with Gasteiger partial charge in [-0.15, -0.1) is 11.3 Å². The number of H-pyrrole nitrogens is 1. The van der Waals surface area contributed by atoms with Crippen LogP contribution < -0.4 is 5.56 Å². The van der Waals surface area contributed by atoms with Crippen LogP contribution in [-0.4, -0.2) is 19.7 Å². The molecular weight excluding hydrogens is 320 g/mol. The number of hydrogen-bond acceptors (Lipinski definition) is 4. The maximum absolute atomic E-state index is 12.7. The van der Waals surface area contributed by atoms with Crippen molar-refractivity contribution in [1.29, 1.82) is 0 Å². The molecule has 24 heavy (non-hydrogen) atoms. The van der Waals surface area contributed by atoms with E-state index in [1.54, 1.807) is 10.9 Å². The van der Waals surface area contributed by atoms with Crippen LogP contribution in [0, 0.1) is 13.8 Å². The number of aryl methyl sites for hydroxylation is 2. The molecule has 0 radical (unpaired) electrons. The molecule has 0 spiro atoms. The van der Waals surface area contributed by atoms with E-state index < -0.39 is 0 Å². The molecule has 6 heteroatoms. The van der Waals surface area contributed by atoms with Crippen LogP contribution in [0.3, 0.4) is 0 Å². The summed E-state index contributed by atoms with van der Waals surface area (Å²) in [6, 6.07) is 8.13. The number of benzene rings is 1. The number of nitrogens with zero attached hydrogens (tertiary/aromatic N) is 3. The number of thiophene rings is 1. The monoisotopic (exact) mass is 336 g/mol. The summed E-state index contributed by atoms with van der Waals surface area (Å²) in [4.78, 5) is 20.9. The number of aromatic nitrogens is 4. The summed E-state index contributed by atoms with van der Waals surface area (Å²) in [6.07, 6.45) is 3.56. The zero-order valence-corrected chi connectivity index (χ0v) is 14.2. The van der Waals surface area contributed by atoms with Crippen molar-refractivity contribution in [3.8, 4) is 11.1 Å². The third kappa shape index (κ3) is 2.55. The number of hydrogen-bond donors (Lipinski definition) is 1. The molecule has 1 aromatic carbocycles. The van der Waals surface area contributed by atoms with Gasteiger partial charge in [0.05, 0.1) is 11.9 Å². The lowest BCUT2D eigenvalue weighted by Gasteiger charge is -2.06. The normalized spacial score (nSPS) is 11.2. The zero-order valence-electron chi connectivity index (χ0n) is 13.4. The van der Waals surface area contributed by atoms with Crippen LogP contribution in [0.5, 0.6) is 0 Å². The summed E-state index contributed by atoms with van der Waals surface area (Å²) in [5.74, 6) is 0.616. The summed E-state index contributed by atoms with van der Waals surface area (Å²) < 4.78 is 1.74. The van der Waals surface area contributed by atoms with Gasteiger partial charge < -0.3 is 4.98 Å². The SMILES string of the molecule is Cc1ccc(C)c(-c2csc3nc(Cn4cccn4)[nH]c(=O)c23)c1. The van der Waals surface area contributed by atoms with Gasteiger partial charge in [-0.2, -0.15) is 5.10 Å².